The fourth-order valence-electron chi connectivity index (χ4n) is 5.36. The maximum atomic E-state index is 13.3. The molecule has 6 nitrogen and oxygen atoms in total. The fourth-order valence-corrected chi connectivity index (χ4v) is 5.36. The fraction of sp³-hybridized carbons (Fsp3) is 0.440. The second-order valence-corrected chi connectivity index (χ2v) is 9.26. The first kappa shape index (κ1) is 20.1. The topological polar surface area (TPSA) is 61.5 Å². The van der Waals surface area contributed by atoms with E-state index in [0.29, 0.717) is 5.69 Å². The lowest BCUT2D eigenvalue weighted by molar-refractivity contribution is 0.0672. The van der Waals surface area contributed by atoms with Gasteiger partial charge in [0.2, 0.25) is 0 Å². The van der Waals surface area contributed by atoms with Crippen molar-refractivity contribution < 1.29 is 9.53 Å². The molecule has 0 radical (unpaired) electrons. The van der Waals surface area contributed by atoms with Crippen molar-refractivity contribution in [3.05, 3.63) is 59.3 Å². The third kappa shape index (κ3) is 3.92. The number of amides is 1. The summed E-state index contributed by atoms with van der Waals surface area (Å²) in [5.74, 6) is 0.960. The second kappa shape index (κ2) is 8.00. The molecule has 2 aliphatic heterocycles. The monoisotopic (exact) mass is 418 g/mol. The molecule has 0 saturated carbocycles. The number of aromatic amines is 1. The van der Waals surface area contributed by atoms with Crippen molar-refractivity contribution in [2.75, 3.05) is 33.3 Å². The van der Waals surface area contributed by atoms with Crippen molar-refractivity contribution in [1.29, 1.82) is 0 Å². The molecule has 2 aliphatic rings. The summed E-state index contributed by atoms with van der Waals surface area (Å²) in [5.41, 5.74) is 4.08. The molecule has 1 amide bonds. The minimum absolute atomic E-state index is 0.0543. The van der Waals surface area contributed by atoms with E-state index < -0.39 is 0 Å². The molecule has 1 spiro atoms. The molecule has 3 heterocycles. The lowest BCUT2D eigenvalue weighted by atomic mass is 9.79. The number of nitrogens with one attached hydrogen (secondary N) is 1. The van der Waals surface area contributed by atoms with Crippen LogP contribution in [0.4, 0.5) is 0 Å². The molecule has 3 aromatic rings. The highest BCUT2D eigenvalue weighted by atomic mass is 16.5. The number of nitrogens with zero attached hydrogens (tertiary/aromatic N) is 3. The van der Waals surface area contributed by atoms with Gasteiger partial charge >= 0.3 is 0 Å². The van der Waals surface area contributed by atoms with Gasteiger partial charge in [-0.2, -0.15) is 5.10 Å². The van der Waals surface area contributed by atoms with Crippen molar-refractivity contribution in [2.45, 2.75) is 32.7 Å². The van der Waals surface area contributed by atoms with E-state index in [-0.39, 0.29) is 11.3 Å². The van der Waals surface area contributed by atoms with Crippen LogP contribution >= 0.6 is 0 Å². The molecule has 0 aliphatic carbocycles. The van der Waals surface area contributed by atoms with Crippen molar-refractivity contribution in [3.63, 3.8) is 0 Å². The molecule has 1 unspecified atom stereocenters. The first-order valence-corrected chi connectivity index (χ1v) is 11.1. The van der Waals surface area contributed by atoms with Gasteiger partial charge in [0.1, 0.15) is 5.75 Å². The number of aromatic nitrogens is 2. The molecule has 2 aromatic carbocycles. The van der Waals surface area contributed by atoms with Crippen LogP contribution in [0.2, 0.25) is 0 Å². The highest BCUT2D eigenvalue weighted by Gasteiger charge is 2.43. The SMILES string of the molecule is COc1cccc(CN2CCCC3(CCN(C(=O)c4n[nH]c5ccc(C)cc45)C3)C2)c1. The first-order valence-electron chi connectivity index (χ1n) is 11.1. The van der Waals surface area contributed by atoms with Gasteiger partial charge in [-0.1, -0.05) is 23.8 Å². The minimum Gasteiger partial charge on any atom is -0.497 e. The van der Waals surface area contributed by atoms with E-state index in [4.69, 9.17) is 4.74 Å². The number of methoxy groups -OCH3 is 1. The van der Waals surface area contributed by atoms with Gasteiger partial charge < -0.3 is 9.64 Å². The van der Waals surface area contributed by atoms with Crippen molar-refractivity contribution in [3.8, 4) is 5.75 Å². The molecule has 6 heteroatoms. The van der Waals surface area contributed by atoms with Gasteiger partial charge in [-0.15, -0.1) is 0 Å². The van der Waals surface area contributed by atoms with Gasteiger partial charge in [0.05, 0.1) is 12.6 Å². The lowest BCUT2D eigenvalue weighted by Gasteiger charge is -2.40. The number of aryl methyl sites for hydroxylation is 1. The summed E-state index contributed by atoms with van der Waals surface area (Å²) >= 11 is 0. The summed E-state index contributed by atoms with van der Waals surface area (Å²) in [7, 11) is 1.71. The zero-order chi connectivity index (χ0) is 21.4. The van der Waals surface area contributed by atoms with E-state index in [1.165, 1.54) is 18.4 Å². The third-order valence-corrected chi connectivity index (χ3v) is 6.93. The average molecular weight is 419 g/mol. The van der Waals surface area contributed by atoms with E-state index in [9.17, 15) is 4.79 Å². The molecule has 31 heavy (non-hydrogen) atoms. The first-order chi connectivity index (χ1) is 15.0. The zero-order valence-corrected chi connectivity index (χ0v) is 18.4. The summed E-state index contributed by atoms with van der Waals surface area (Å²) in [4.78, 5) is 17.9. The Bertz CT molecular complexity index is 1110. The molecule has 1 atom stereocenters. The smallest absolute Gasteiger partial charge is 0.275 e. The van der Waals surface area contributed by atoms with Gasteiger partial charge in [0, 0.05) is 37.0 Å². The Morgan fingerprint density at radius 2 is 2.06 bits per heavy atom. The van der Waals surface area contributed by atoms with Gasteiger partial charge in [0.15, 0.2) is 5.69 Å². The Labute approximate surface area is 183 Å². The van der Waals surface area contributed by atoms with E-state index >= 15 is 0 Å². The van der Waals surface area contributed by atoms with E-state index in [2.05, 4.69) is 33.3 Å². The molecule has 1 N–H and O–H groups in total. The molecule has 0 bridgehead atoms. The zero-order valence-electron chi connectivity index (χ0n) is 18.4. The van der Waals surface area contributed by atoms with E-state index in [0.717, 1.165) is 61.4 Å². The number of hydrogen-bond acceptors (Lipinski definition) is 4. The van der Waals surface area contributed by atoms with Gasteiger partial charge in [-0.25, -0.2) is 0 Å². The third-order valence-electron chi connectivity index (χ3n) is 6.93. The number of hydrogen-bond donors (Lipinski definition) is 1. The molecule has 1 aromatic heterocycles. The molecular weight excluding hydrogens is 388 g/mol. The summed E-state index contributed by atoms with van der Waals surface area (Å²) in [5, 5.41) is 8.31. The number of H-pyrrole nitrogens is 1. The largest absolute Gasteiger partial charge is 0.497 e. The van der Waals surface area contributed by atoms with Crippen LogP contribution < -0.4 is 4.74 Å². The predicted octanol–water partition coefficient (Wildman–Crippen LogP) is 4.01. The normalized spacial score (nSPS) is 21.8. The Morgan fingerprint density at radius 1 is 1.16 bits per heavy atom. The van der Waals surface area contributed by atoms with Crippen LogP contribution in [-0.2, 0) is 6.54 Å². The highest BCUT2D eigenvalue weighted by molar-refractivity contribution is 6.04. The van der Waals surface area contributed by atoms with Gasteiger partial charge in [0.25, 0.3) is 5.91 Å². The lowest BCUT2D eigenvalue weighted by Crippen LogP contribution is -2.45. The van der Waals surface area contributed by atoms with Gasteiger partial charge in [-0.05, 0) is 62.6 Å². The van der Waals surface area contributed by atoms with Crippen LogP contribution in [0, 0.1) is 12.3 Å². The number of rotatable bonds is 4. The molecular formula is C25H30N4O2. The van der Waals surface area contributed by atoms with Crippen LogP contribution in [0.5, 0.6) is 5.75 Å². The number of piperidine rings is 1. The van der Waals surface area contributed by atoms with Crippen LogP contribution in [0.25, 0.3) is 10.9 Å². The van der Waals surface area contributed by atoms with E-state index in [1.54, 1.807) is 7.11 Å². The molecule has 5 rings (SSSR count). The Morgan fingerprint density at radius 3 is 2.94 bits per heavy atom. The molecule has 2 fully saturated rings. The standard InChI is InChI=1S/C25H30N4O2/c1-18-7-8-22-21(13-18)23(27-26-22)24(30)29-12-10-25(17-29)9-4-11-28(16-25)15-19-5-3-6-20(14-19)31-2/h3,5-8,13-14H,4,9-12,15-17H2,1-2H3,(H,26,27). The van der Waals surface area contributed by atoms with Crippen LogP contribution in [0.3, 0.4) is 0 Å². The number of ether oxygens (including phenoxy) is 1. The van der Waals surface area contributed by atoms with Crippen molar-refractivity contribution >= 4 is 16.8 Å². The summed E-state index contributed by atoms with van der Waals surface area (Å²) in [6.07, 6.45) is 3.43. The maximum absolute atomic E-state index is 13.3. The van der Waals surface area contributed by atoms with Gasteiger partial charge in [-0.3, -0.25) is 14.8 Å². The number of carbonyl (C=O) groups is 1. The maximum Gasteiger partial charge on any atom is 0.275 e. The number of fused-ring (bicyclic) bond motifs is 1. The van der Waals surface area contributed by atoms with Crippen LogP contribution in [0.1, 0.15) is 40.9 Å². The van der Waals surface area contributed by atoms with E-state index in [1.807, 2.05) is 36.1 Å². The van der Waals surface area contributed by atoms with Crippen LogP contribution in [-0.4, -0.2) is 59.2 Å². The van der Waals surface area contributed by atoms with Crippen molar-refractivity contribution in [2.24, 2.45) is 5.41 Å². The number of carbonyl (C=O) groups excluding carboxylic acids is 1. The predicted molar refractivity (Wildman–Crippen MR) is 121 cm³/mol. The summed E-state index contributed by atoms with van der Waals surface area (Å²) in [6, 6.07) is 14.4. The Hall–Kier alpha value is -2.86. The summed E-state index contributed by atoms with van der Waals surface area (Å²) in [6.45, 7) is 6.75. The number of likely N-dealkylation sites (tertiary alicyclic amines) is 2. The van der Waals surface area contributed by atoms with Crippen LogP contribution in [0.15, 0.2) is 42.5 Å². The molecule has 2 saturated heterocycles. The number of benzene rings is 2. The minimum atomic E-state index is 0.0543. The summed E-state index contributed by atoms with van der Waals surface area (Å²) < 4.78 is 5.38. The molecule has 162 valence electrons. The Balaban J connectivity index is 1.29. The second-order valence-electron chi connectivity index (χ2n) is 9.26. The van der Waals surface area contributed by atoms with Crippen molar-refractivity contribution in [1.82, 2.24) is 20.0 Å². The highest BCUT2D eigenvalue weighted by Crippen LogP contribution is 2.40. The quantitative estimate of drug-likeness (QED) is 0.696. The average Bonchev–Trinajstić information content (AvgIpc) is 3.37. The Kier molecular flexibility index (Phi) is 5.18.